The van der Waals surface area contributed by atoms with Gasteiger partial charge < -0.3 is 9.80 Å². The molecule has 1 aliphatic rings. The lowest BCUT2D eigenvalue weighted by Crippen LogP contribution is -2.47. The lowest BCUT2D eigenvalue weighted by Gasteiger charge is -2.36. The van der Waals surface area contributed by atoms with Crippen molar-refractivity contribution in [2.75, 3.05) is 22.9 Å². The van der Waals surface area contributed by atoms with Crippen molar-refractivity contribution < 1.29 is 9.59 Å². The summed E-state index contributed by atoms with van der Waals surface area (Å²) in [4.78, 5) is 32.1. The first-order valence-electron chi connectivity index (χ1n) is 8.65. The third-order valence-electron chi connectivity index (χ3n) is 4.66. The number of nitrogens with zero attached hydrogens (tertiary/aromatic N) is 3. The van der Waals surface area contributed by atoms with Gasteiger partial charge in [-0.05, 0) is 29.7 Å². The Morgan fingerprint density at radius 1 is 1.12 bits per heavy atom. The Morgan fingerprint density at radius 3 is 2.38 bits per heavy atom. The number of anilines is 2. The minimum absolute atomic E-state index is 0.0360. The molecular weight excluding hydrogens is 328 g/mol. The normalized spacial score (nSPS) is 14.5. The fourth-order valence-corrected chi connectivity index (χ4v) is 3.24. The van der Waals surface area contributed by atoms with Crippen molar-refractivity contribution in [3.8, 4) is 0 Å². The van der Waals surface area contributed by atoms with E-state index in [0.29, 0.717) is 30.9 Å². The van der Waals surface area contributed by atoms with Crippen molar-refractivity contribution >= 4 is 28.9 Å². The van der Waals surface area contributed by atoms with Crippen LogP contribution in [0.15, 0.2) is 48.8 Å². The Bertz CT molecular complexity index is 835. The zero-order valence-electron chi connectivity index (χ0n) is 15.0. The third-order valence-corrected chi connectivity index (χ3v) is 4.66. The highest BCUT2D eigenvalue weighted by Gasteiger charge is 2.30. The van der Waals surface area contributed by atoms with E-state index in [-0.39, 0.29) is 23.4 Å². The standard InChI is InChI=1S/C20H22N4O2/c1-14(16-6-5-9-22-13-16)12-17(21)20(26)24-11-10-23(15(2)25)18-7-3-4-8-19(18)24/h3-9,13-14,21H,10-12H2,1-2H3. The molecule has 0 fully saturated rings. The van der Waals surface area contributed by atoms with E-state index < -0.39 is 0 Å². The van der Waals surface area contributed by atoms with Gasteiger partial charge in [0.15, 0.2) is 0 Å². The highest BCUT2D eigenvalue weighted by Crippen LogP contribution is 2.33. The van der Waals surface area contributed by atoms with Gasteiger partial charge in [-0.2, -0.15) is 0 Å². The molecule has 1 unspecified atom stereocenters. The summed E-state index contributed by atoms with van der Waals surface area (Å²) in [5.41, 5.74) is 2.46. The number of pyridine rings is 1. The molecule has 6 nitrogen and oxygen atoms in total. The Morgan fingerprint density at radius 2 is 1.77 bits per heavy atom. The Balaban J connectivity index is 1.78. The summed E-state index contributed by atoms with van der Waals surface area (Å²) in [5.74, 6) is -0.324. The van der Waals surface area contributed by atoms with E-state index in [9.17, 15) is 9.59 Å². The predicted molar refractivity (Wildman–Crippen MR) is 102 cm³/mol. The molecule has 134 valence electrons. The largest absolute Gasteiger partial charge is 0.309 e. The molecule has 6 heteroatoms. The van der Waals surface area contributed by atoms with Gasteiger partial charge in [-0.25, -0.2) is 0 Å². The van der Waals surface area contributed by atoms with E-state index in [2.05, 4.69) is 4.98 Å². The van der Waals surface area contributed by atoms with Gasteiger partial charge in [0.2, 0.25) is 5.91 Å². The number of nitrogens with one attached hydrogen (secondary N) is 1. The maximum Gasteiger partial charge on any atom is 0.272 e. The zero-order chi connectivity index (χ0) is 18.7. The summed E-state index contributed by atoms with van der Waals surface area (Å²) in [6, 6.07) is 11.1. The molecule has 1 aromatic heterocycles. The molecule has 1 atom stereocenters. The monoisotopic (exact) mass is 350 g/mol. The first kappa shape index (κ1) is 17.8. The number of benzene rings is 1. The van der Waals surface area contributed by atoms with Crippen LogP contribution < -0.4 is 9.80 Å². The van der Waals surface area contributed by atoms with Crippen LogP contribution in [0.2, 0.25) is 0 Å². The van der Waals surface area contributed by atoms with E-state index in [1.54, 1.807) is 22.2 Å². The van der Waals surface area contributed by atoms with Gasteiger partial charge in [0.05, 0.1) is 17.1 Å². The second-order valence-electron chi connectivity index (χ2n) is 6.49. The number of carbonyl (C=O) groups is 2. The molecular formula is C20H22N4O2. The smallest absolute Gasteiger partial charge is 0.272 e. The molecule has 1 aromatic carbocycles. The molecule has 0 saturated carbocycles. The molecule has 26 heavy (non-hydrogen) atoms. The zero-order valence-corrected chi connectivity index (χ0v) is 15.0. The third kappa shape index (κ3) is 3.49. The average Bonchev–Trinajstić information content (AvgIpc) is 2.67. The number of rotatable bonds is 4. The molecule has 2 heterocycles. The minimum atomic E-state index is -0.309. The molecule has 1 N–H and O–H groups in total. The van der Waals surface area contributed by atoms with Crippen molar-refractivity contribution in [2.24, 2.45) is 0 Å². The number of fused-ring (bicyclic) bond motifs is 1. The molecule has 3 rings (SSSR count). The van der Waals surface area contributed by atoms with Crippen LogP contribution >= 0.6 is 0 Å². The van der Waals surface area contributed by atoms with E-state index >= 15 is 0 Å². The number of hydrogen-bond donors (Lipinski definition) is 1. The van der Waals surface area contributed by atoms with Crippen LogP contribution in [-0.2, 0) is 9.59 Å². The Kier molecular flexibility index (Phi) is 5.11. The highest BCUT2D eigenvalue weighted by atomic mass is 16.2. The first-order valence-corrected chi connectivity index (χ1v) is 8.65. The highest BCUT2D eigenvalue weighted by molar-refractivity contribution is 6.43. The first-order chi connectivity index (χ1) is 12.5. The lowest BCUT2D eigenvalue weighted by atomic mass is 9.96. The molecule has 2 aromatic rings. The molecule has 0 saturated heterocycles. The second-order valence-corrected chi connectivity index (χ2v) is 6.49. The molecule has 0 bridgehead atoms. The summed E-state index contributed by atoms with van der Waals surface area (Å²) < 4.78 is 0. The van der Waals surface area contributed by atoms with Crippen molar-refractivity contribution in [1.82, 2.24) is 4.98 Å². The molecule has 1 aliphatic heterocycles. The van der Waals surface area contributed by atoms with Crippen LogP contribution in [-0.4, -0.2) is 35.6 Å². The summed E-state index contributed by atoms with van der Waals surface area (Å²) in [5, 5.41) is 8.29. The Hall–Kier alpha value is -3.02. The minimum Gasteiger partial charge on any atom is -0.309 e. The van der Waals surface area contributed by atoms with Gasteiger partial charge in [0.25, 0.3) is 5.91 Å². The lowest BCUT2D eigenvalue weighted by molar-refractivity contribution is -0.117. The van der Waals surface area contributed by atoms with Crippen molar-refractivity contribution in [1.29, 1.82) is 5.41 Å². The average molecular weight is 350 g/mol. The van der Waals surface area contributed by atoms with E-state index in [4.69, 9.17) is 5.41 Å². The van der Waals surface area contributed by atoms with Crippen molar-refractivity contribution in [2.45, 2.75) is 26.2 Å². The van der Waals surface area contributed by atoms with Gasteiger partial charge in [-0.1, -0.05) is 25.1 Å². The summed E-state index contributed by atoms with van der Waals surface area (Å²) in [7, 11) is 0. The molecule has 2 amide bonds. The summed E-state index contributed by atoms with van der Waals surface area (Å²) in [6.07, 6.45) is 3.82. The SMILES string of the molecule is CC(=O)N1CCN(C(=O)C(=N)CC(C)c2cccnc2)c2ccccc21. The maximum atomic E-state index is 12.9. The van der Waals surface area contributed by atoms with Gasteiger partial charge in [-0.3, -0.25) is 20.0 Å². The number of carbonyl (C=O) groups excluding carboxylic acids is 2. The topological polar surface area (TPSA) is 77.4 Å². The number of hydrogen-bond acceptors (Lipinski definition) is 4. The number of aromatic nitrogens is 1. The van der Waals surface area contributed by atoms with Gasteiger partial charge in [0, 0.05) is 38.8 Å². The Labute approximate surface area is 153 Å². The molecule has 0 aliphatic carbocycles. The van der Waals surface area contributed by atoms with Crippen LogP contribution in [0.3, 0.4) is 0 Å². The quantitative estimate of drug-likeness (QED) is 0.861. The van der Waals surface area contributed by atoms with E-state index in [1.807, 2.05) is 43.3 Å². The fourth-order valence-electron chi connectivity index (χ4n) is 3.24. The summed E-state index contributed by atoms with van der Waals surface area (Å²) in [6.45, 7) is 4.33. The molecule has 0 spiro atoms. The maximum absolute atomic E-state index is 12.9. The summed E-state index contributed by atoms with van der Waals surface area (Å²) >= 11 is 0. The van der Waals surface area contributed by atoms with Gasteiger partial charge in [-0.15, -0.1) is 0 Å². The number of amides is 2. The van der Waals surface area contributed by atoms with Crippen LogP contribution in [0.4, 0.5) is 11.4 Å². The van der Waals surface area contributed by atoms with Crippen LogP contribution in [0, 0.1) is 5.41 Å². The predicted octanol–water partition coefficient (Wildman–Crippen LogP) is 2.99. The van der Waals surface area contributed by atoms with E-state index in [0.717, 1.165) is 5.56 Å². The number of para-hydroxylation sites is 2. The van der Waals surface area contributed by atoms with Gasteiger partial charge in [0.1, 0.15) is 0 Å². The van der Waals surface area contributed by atoms with Crippen molar-refractivity contribution in [3.63, 3.8) is 0 Å². The van der Waals surface area contributed by atoms with Crippen LogP contribution in [0.5, 0.6) is 0 Å². The second kappa shape index (κ2) is 7.47. The van der Waals surface area contributed by atoms with E-state index in [1.165, 1.54) is 6.92 Å². The van der Waals surface area contributed by atoms with Crippen LogP contribution in [0.25, 0.3) is 0 Å². The molecule has 0 radical (unpaired) electrons. The van der Waals surface area contributed by atoms with Gasteiger partial charge >= 0.3 is 0 Å². The van der Waals surface area contributed by atoms with Crippen molar-refractivity contribution in [3.05, 3.63) is 54.4 Å². The fraction of sp³-hybridized carbons (Fsp3) is 0.300. The van der Waals surface area contributed by atoms with Crippen LogP contribution in [0.1, 0.15) is 31.7 Å².